The van der Waals surface area contributed by atoms with Crippen LogP contribution in [0.1, 0.15) is 67.0 Å². The molecule has 0 radical (unpaired) electrons. The SMILES string of the molecule is CC(Oc1ccnc(-c2onc3c2CCCC32CCc3ccc(N)c(C#N)c32)n1)C1CCCN1C. The number of nitriles is 1. The van der Waals surface area contributed by atoms with E-state index in [1.54, 1.807) is 12.3 Å². The number of aromatic nitrogens is 3. The van der Waals surface area contributed by atoms with Crippen molar-refractivity contribution in [2.24, 2.45) is 0 Å². The number of nitrogen functional groups attached to an aromatic ring is 1. The zero-order valence-electron chi connectivity index (χ0n) is 20.3. The van der Waals surface area contributed by atoms with E-state index in [4.69, 9.17) is 20.0 Å². The number of aryl methyl sites for hydroxylation is 1. The molecule has 3 aliphatic rings. The van der Waals surface area contributed by atoms with Crippen LogP contribution < -0.4 is 10.5 Å². The van der Waals surface area contributed by atoms with Crippen molar-refractivity contribution in [3.8, 4) is 23.5 Å². The predicted molar refractivity (Wildman–Crippen MR) is 131 cm³/mol. The van der Waals surface area contributed by atoms with Crippen LogP contribution in [-0.4, -0.2) is 45.8 Å². The summed E-state index contributed by atoms with van der Waals surface area (Å²) in [6, 6.07) is 8.45. The number of hydrogen-bond acceptors (Lipinski definition) is 8. The van der Waals surface area contributed by atoms with Crippen molar-refractivity contribution >= 4 is 5.69 Å². The lowest BCUT2D eigenvalue weighted by Crippen LogP contribution is -2.38. The van der Waals surface area contributed by atoms with Crippen molar-refractivity contribution in [2.75, 3.05) is 19.3 Å². The van der Waals surface area contributed by atoms with Crippen molar-refractivity contribution in [1.29, 1.82) is 5.26 Å². The molecule has 3 heterocycles. The average Bonchev–Trinajstić information content (AvgIpc) is 3.58. The number of hydrogen-bond donors (Lipinski definition) is 1. The van der Waals surface area contributed by atoms with Crippen LogP contribution >= 0.6 is 0 Å². The van der Waals surface area contributed by atoms with Crippen LogP contribution in [0, 0.1) is 11.3 Å². The Kier molecular flexibility index (Phi) is 5.26. The smallest absolute Gasteiger partial charge is 0.217 e. The van der Waals surface area contributed by atoms with Gasteiger partial charge in [-0.3, -0.25) is 4.90 Å². The first-order valence-electron chi connectivity index (χ1n) is 12.5. The Balaban J connectivity index is 1.36. The molecule has 2 N–H and O–H groups in total. The summed E-state index contributed by atoms with van der Waals surface area (Å²) in [5.74, 6) is 1.64. The molecule has 0 saturated carbocycles. The van der Waals surface area contributed by atoms with E-state index in [2.05, 4.69) is 41.1 Å². The Hall–Kier alpha value is -3.44. The Morgan fingerprint density at radius 1 is 1.26 bits per heavy atom. The summed E-state index contributed by atoms with van der Waals surface area (Å²) in [5.41, 5.74) is 11.1. The van der Waals surface area contributed by atoms with E-state index in [-0.39, 0.29) is 11.5 Å². The van der Waals surface area contributed by atoms with E-state index in [1.807, 2.05) is 6.07 Å². The third-order valence-electron chi connectivity index (χ3n) is 8.27. The lowest BCUT2D eigenvalue weighted by Gasteiger charge is -2.33. The van der Waals surface area contributed by atoms with Gasteiger partial charge in [-0.05, 0) is 82.7 Å². The topological polar surface area (TPSA) is 114 Å². The number of likely N-dealkylation sites (tertiary alicyclic amines) is 1. The van der Waals surface area contributed by atoms with Crippen LogP contribution in [0.4, 0.5) is 5.69 Å². The molecule has 1 fully saturated rings. The molecule has 3 aromatic rings. The van der Waals surface area contributed by atoms with Crippen molar-refractivity contribution in [2.45, 2.75) is 69.4 Å². The lowest BCUT2D eigenvalue weighted by molar-refractivity contribution is 0.117. The molecule has 1 aliphatic heterocycles. The van der Waals surface area contributed by atoms with Crippen molar-refractivity contribution in [3.05, 3.63) is 52.3 Å². The summed E-state index contributed by atoms with van der Waals surface area (Å²) in [7, 11) is 2.14. The van der Waals surface area contributed by atoms with Crippen LogP contribution in [0.5, 0.6) is 5.88 Å². The summed E-state index contributed by atoms with van der Waals surface area (Å²) in [5, 5.41) is 14.5. The highest BCUT2D eigenvalue weighted by atomic mass is 16.5. The molecule has 3 atom stereocenters. The highest BCUT2D eigenvalue weighted by molar-refractivity contribution is 5.68. The van der Waals surface area contributed by atoms with Crippen LogP contribution in [0.25, 0.3) is 11.6 Å². The van der Waals surface area contributed by atoms with Gasteiger partial charge >= 0.3 is 0 Å². The van der Waals surface area contributed by atoms with E-state index in [0.29, 0.717) is 34.8 Å². The minimum Gasteiger partial charge on any atom is -0.473 e. The molecular formula is C27H30N6O2. The molecular weight excluding hydrogens is 440 g/mol. The van der Waals surface area contributed by atoms with Gasteiger partial charge in [-0.25, -0.2) is 4.98 Å². The molecule has 6 rings (SSSR count). The van der Waals surface area contributed by atoms with Crippen LogP contribution in [0.2, 0.25) is 0 Å². The number of nitrogens with zero attached hydrogens (tertiary/aromatic N) is 5. The molecule has 2 aromatic heterocycles. The maximum atomic E-state index is 9.91. The molecule has 0 amide bonds. The third kappa shape index (κ3) is 3.41. The zero-order valence-corrected chi connectivity index (χ0v) is 20.3. The van der Waals surface area contributed by atoms with Gasteiger partial charge in [0.25, 0.3) is 0 Å². The lowest BCUT2D eigenvalue weighted by atomic mass is 9.68. The standard InChI is InChI=1S/C27H30N6O2/c1-16(21-6-4-14-33(21)2)34-22-10-13-30-26(31-22)24-18-5-3-11-27(25(18)32-35-24)12-9-17-7-8-20(29)19(15-28)23(17)27/h7-8,10,13,16,21H,3-6,9,11-12,14,29H2,1-2H3. The first kappa shape index (κ1) is 22.1. The second-order valence-electron chi connectivity index (χ2n) is 10.2. The molecule has 8 nitrogen and oxygen atoms in total. The van der Waals surface area contributed by atoms with Crippen LogP contribution in [0.15, 0.2) is 28.9 Å². The maximum absolute atomic E-state index is 9.91. The fraction of sp³-hybridized carbons (Fsp3) is 0.481. The van der Waals surface area contributed by atoms with Crippen molar-refractivity contribution in [3.63, 3.8) is 0 Å². The van der Waals surface area contributed by atoms with E-state index in [0.717, 1.165) is 61.9 Å². The molecule has 3 unspecified atom stereocenters. The Labute approximate surface area is 205 Å². The molecule has 1 saturated heterocycles. The number of anilines is 1. The largest absolute Gasteiger partial charge is 0.473 e. The third-order valence-corrected chi connectivity index (χ3v) is 8.27. The Morgan fingerprint density at radius 3 is 2.94 bits per heavy atom. The second-order valence-corrected chi connectivity index (χ2v) is 10.2. The highest BCUT2D eigenvalue weighted by Gasteiger charge is 2.48. The van der Waals surface area contributed by atoms with Crippen molar-refractivity contribution in [1.82, 2.24) is 20.0 Å². The van der Waals surface area contributed by atoms with E-state index in [1.165, 1.54) is 12.0 Å². The van der Waals surface area contributed by atoms with Gasteiger partial charge in [0, 0.05) is 35.0 Å². The van der Waals surface area contributed by atoms with Gasteiger partial charge in [0.1, 0.15) is 12.2 Å². The first-order chi connectivity index (χ1) is 17.0. The van der Waals surface area contributed by atoms with E-state index < -0.39 is 0 Å². The minimum atomic E-state index is -0.346. The van der Waals surface area contributed by atoms with E-state index in [9.17, 15) is 5.26 Å². The summed E-state index contributed by atoms with van der Waals surface area (Å²) >= 11 is 0. The molecule has 180 valence electrons. The van der Waals surface area contributed by atoms with Crippen LogP contribution in [0.3, 0.4) is 0 Å². The number of nitrogens with two attached hydrogens (primary N) is 1. The average molecular weight is 471 g/mol. The van der Waals surface area contributed by atoms with Gasteiger partial charge < -0.3 is 15.0 Å². The maximum Gasteiger partial charge on any atom is 0.217 e. The van der Waals surface area contributed by atoms with E-state index >= 15 is 0 Å². The minimum absolute atomic E-state index is 0.0296. The quantitative estimate of drug-likeness (QED) is 0.569. The highest BCUT2D eigenvalue weighted by Crippen LogP contribution is 2.53. The summed E-state index contributed by atoms with van der Waals surface area (Å²) < 4.78 is 12.2. The molecule has 1 aromatic carbocycles. The molecule has 0 bridgehead atoms. The summed E-state index contributed by atoms with van der Waals surface area (Å²) in [6.07, 6.45) is 8.61. The monoisotopic (exact) mass is 470 g/mol. The van der Waals surface area contributed by atoms with Crippen LogP contribution in [-0.2, 0) is 18.3 Å². The van der Waals surface area contributed by atoms with Crippen molar-refractivity contribution < 1.29 is 9.26 Å². The fourth-order valence-electron chi connectivity index (χ4n) is 6.59. The molecule has 2 aliphatic carbocycles. The number of fused-ring (bicyclic) bond motifs is 4. The predicted octanol–water partition coefficient (Wildman–Crippen LogP) is 4.02. The Morgan fingerprint density at radius 2 is 2.14 bits per heavy atom. The van der Waals surface area contributed by atoms with Gasteiger partial charge in [-0.2, -0.15) is 10.2 Å². The molecule has 35 heavy (non-hydrogen) atoms. The number of ether oxygens (including phenoxy) is 1. The number of rotatable bonds is 4. The van der Waals surface area contributed by atoms with Gasteiger partial charge in [-0.1, -0.05) is 11.2 Å². The Bertz CT molecular complexity index is 1330. The van der Waals surface area contributed by atoms with Gasteiger partial charge in [-0.15, -0.1) is 0 Å². The molecule has 8 heteroatoms. The first-order valence-corrected chi connectivity index (χ1v) is 12.5. The van der Waals surface area contributed by atoms with Gasteiger partial charge in [0.05, 0.1) is 11.3 Å². The second kappa shape index (κ2) is 8.35. The summed E-state index contributed by atoms with van der Waals surface area (Å²) in [4.78, 5) is 11.6. The normalized spacial score (nSPS) is 24.2. The zero-order chi connectivity index (χ0) is 24.2. The van der Waals surface area contributed by atoms with Gasteiger partial charge in [0.2, 0.25) is 17.5 Å². The molecule has 1 spiro atoms. The number of benzene rings is 1. The number of likely N-dealkylation sites (N-methyl/N-ethyl adjacent to an activating group) is 1. The summed E-state index contributed by atoms with van der Waals surface area (Å²) in [6.45, 7) is 3.20. The fourth-order valence-corrected chi connectivity index (χ4v) is 6.59. The van der Waals surface area contributed by atoms with Gasteiger partial charge in [0.15, 0.2) is 0 Å².